The Morgan fingerprint density at radius 3 is 1.73 bits per heavy atom. The van der Waals surface area contributed by atoms with E-state index in [1.807, 2.05) is 19.1 Å². The van der Waals surface area contributed by atoms with Crippen molar-refractivity contribution in [3.8, 4) is 0 Å². The summed E-state index contributed by atoms with van der Waals surface area (Å²) in [6.45, 7) is 4.09. The van der Waals surface area contributed by atoms with Crippen LogP contribution in [0.4, 0.5) is 5.69 Å². The first-order valence-corrected chi connectivity index (χ1v) is 7.90. The lowest BCUT2D eigenvalue weighted by molar-refractivity contribution is 1.35. The second kappa shape index (κ2) is 8.09. The molecule has 1 nitrogen and oxygen atoms in total. The summed E-state index contributed by atoms with van der Waals surface area (Å²) in [7, 11) is 0. The number of nitrogens with two attached hydrogens (primary N) is 1. The van der Waals surface area contributed by atoms with Crippen molar-refractivity contribution in [1.29, 1.82) is 0 Å². The number of benzene rings is 1. The maximum atomic E-state index is 5.62. The zero-order valence-electron chi connectivity index (χ0n) is 8.48. The SMILES string of the molecule is BrC(Br)C(Br)Br.Cc1cccc(N)c1C. The van der Waals surface area contributed by atoms with Gasteiger partial charge in [0, 0.05) is 5.69 Å². The molecular weight excluding hydrogens is 454 g/mol. The third kappa shape index (κ3) is 6.97. The molecular formula is C10H13Br4N. The average molecular weight is 467 g/mol. The van der Waals surface area contributed by atoms with E-state index in [0.29, 0.717) is 7.47 Å². The van der Waals surface area contributed by atoms with Gasteiger partial charge in [-0.2, -0.15) is 0 Å². The Morgan fingerprint density at radius 1 is 1.00 bits per heavy atom. The molecule has 0 aromatic heterocycles. The van der Waals surface area contributed by atoms with E-state index in [1.165, 1.54) is 11.1 Å². The topological polar surface area (TPSA) is 26.0 Å². The molecule has 0 heterocycles. The van der Waals surface area contributed by atoms with Crippen molar-refractivity contribution in [2.45, 2.75) is 21.3 Å². The van der Waals surface area contributed by atoms with Gasteiger partial charge in [-0.25, -0.2) is 0 Å². The van der Waals surface area contributed by atoms with Crippen LogP contribution in [0, 0.1) is 13.8 Å². The zero-order chi connectivity index (χ0) is 12.0. The third-order valence-electron chi connectivity index (χ3n) is 1.84. The minimum absolute atomic E-state index is 0.310. The van der Waals surface area contributed by atoms with Crippen LogP contribution >= 0.6 is 63.7 Å². The summed E-state index contributed by atoms with van der Waals surface area (Å²) in [5, 5.41) is 0. The molecule has 0 aliphatic rings. The van der Waals surface area contributed by atoms with Crippen molar-refractivity contribution in [2.24, 2.45) is 0 Å². The summed E-state index contributed by atoms with van der Waals surface area (Å²) < 4.78 is 0.620. The van der Waals surface area contributed by atoms with Gasteiger partial charge in [-0.3, -0.25) is 0 Å². The van der Waals surface area contributed by atoms with Crippen molar-refractivity contribution in [3.05, 3.63) is 29.3 Å². The van der Waals surface area contributed by atoms with Gasteiger partial charge in [0.15, 0.2) is 0 Å². The van der Waals surface area contributed by atoms with Crippen LogP contribution in [-0.2, 0) is 0 Å². The lowest BCUT2D eigenvalue weighted by Gasteiger charge is -2.00. The number of hydrogen-bond acceptors (Lipinski definition) is 1. The lowest BCUT2D eigenvalue weighted by Crippen LogP contribution is -1.93. The lowest BCUT2D eigenvalue weighted by atomic mass is 10.1. The van der Waals surface area contributed by atoms with Crippen molar-refractivity contribution in [2.75, 3.05) is 5.73 Å². The molecule has 0 radical (unpaired) electrons. The fourth-order valence-electron chi connectivity index (χ4n) is 0.774. The minimum Gasteiger partial charge on any atom is -0.399 e. The molecule has 0 aliphatic carbocycles. The average Bonchev–Trinajstić information content (AvgIpc) is 2.15. The Hall–Kier alpha value is 0.940. The molecule has 1 aromatic carbocycles. The Labute approximate surface area is 125 Å². The smallest absolute Gasteiger partial charge is 0.0920 e. The van der Waals surface area contributed by atoms with Crippen molar-refractivity contribution >= 4 is 69.4 Å². The van der Waals surface area contributed by atoms with Crippen LogP contribution < -0.4 is 5.73 Å². The standard InChI is InChI=1S/C8H11N.C2H2Br4/c1-6-4-3-5-8(9)7(6)2;3-1(4)2(5)6/h3-5H,9H2,1-2H3;1-2H. The predicted molar refractivity (Wildman–Crippen MR) is 83.6 cm³/mol. The summed E-state index contributed by atoms with van der Waals surface area (Å²) in [6.07, 6.45) is 0. The number of hydrogen-bond donors (Lipinski definition) is 1. The van der Waals surface area contributed by atoms with Gasteiger partial charge in [-0.05, 0) is 31.0 Å². The van der Waals surface area contributed by atoms with E-state index < -0.39 is 0 Å². The van der Waals surface area contributed by atoms with E-state index in [1.54, 1.807) is 0 Å². The van der Waals surface area contributed by atoms with E-state index in [9.17, 15) is 0 Å². The highest BCUT2D eigenvalue weighted by atomic mass is 79.9. The number of halogens is 4. The first-order chi connectivity index (χ1) is 6.86. The third-order valence-corrected chi connectivity index (χ3v) is 6.79. The van der Waals surface area contributed by atoms with Crippen LogP contribution in [0.5, 0.6) is 0 Å². The van der Waals surface area contributed by atoms with Gasteiger partial charge in [0.1, 0.15) is 0 Å². The minimum atomic E-state index is 0.310. The second-order valence-corrected chi connectivity index (χ2v) is 9.36. The number of aryl methyl sites for hydroxylation is 1. The summed E-state index contributed by atoms with van der Waals surface area (Å²) in [6, 6.07) is 5.95. The number of anilines is 1. The second-order valence-electron chi connectivity index (χ2n) is 2.96. The maximum absolute atomic E-state index is 5.62. The molecule has 0 atom stereocenters. The Kier molecular flexibility index (Phi) is 8.60. The van der Waals surface area contributed by atoms with Gasteiger partial charge in [0.05, 0.1) is 7.47 Å². The van der Waals surface area contributed by atoms with Gasteiger partial charge in [-0.1, -0.05) is 75.9 Å². The van der Waals surface area contributed by atoms with Gasteiger partial charge >= 0.3 is 0 Å². The molecule has 15 heavy (non-hydrogen) atoms. The largest absolute Gasteiger partial charge is 0.399 e. The van der Waals surface area contributed by atoms with Gasteiger partial charge in [0.2, 0.25) is 0 Å². The van der Waals surface area contributed by atoms with Gasteiger partial charge in [-0.15, -0.1) is 0 Å². The molecule has 5 heteroatoms. The molecule has 0 unspecified atom stereocenters. The van der Waals surface area contributed by atoms with Crippen LogP contribution in [0.1, 0.15) is 11.1 Å². The first kappa shape index (κ1) is 15.9. The van der Waals surface area contributed by atoms with Crippen LogP contribution in [0.3, 0.4) is 0 Å². The Balaban J connectivity index is 0.000000288. The van der Waals surface area contributed by atoms with E-state index in [2.05, 4.69) is 76.7 Å². The van der Waals surface area contributed by atoms with Crippen molar-refractivity contribution < 1.29 is 0 Å². The Bertz CT molecular complexity index is 273. The maximum Gasteiger partial charge on any atom is 0.0920 e. The van der Waals surface area contributed by atoms with E-state index in [-0.39, 0.29) is 0 Å². The number of alkyl halides is 4. The summed E-state index contributed by atoms with van der Waals surface area (Å²) in [4.78, 5) is 0. The normalized spacial score (nSPS) is 10.1. The zero-order valence-corrected chi connectivity index (χ0v) is 14.8. The van der Waals surface area contributed by atoms with Crippen LogP contribution in [0.15, 0.2) is 18.2 Å². The molecule has 0 bridgehead atoms. The molecule has 0 saturated carbocycles. The molecule has 0 amide bonds. The fourth-order valence-corrected chi connectivity index (χ4v) is 0.774. The quantitative estimate of drug-likeness (QED) is 0.452. The number of nitrogen functional groups attached to an aromatic ring is 1. The highest BCUT2D eigenvalue weighted by molar-refractivity contribution is 9.29. The molecule has 1 rings (SSSR count). The van der Waals surface area contributed by atoms with Crippen molar-refractivity contribution in [1.82, 2.24) is 0 Å². The van der Waals surface area contributed by atoms with Crippen molar-refractivity contribution in [3.63, 3.8) is 0 Å². The monoisotopic (exact) mass is 463 g/mol. The number of rotatable bonds is 1. The fraction of sp³-hybridized carbons (Fsp3) is 0.400. The molecule has 0 fully saturated rings. The predicted octanol–water partition coefficient (Wildman–Crippen LogP) is 5.10. The molecule has 0 spiro atoms. The summed E-state index contributed by atoms with van der Waals surface area (Å²) >= 11 is 13.0. The summed E-state index contributed by atoms with van der Waals surface area (Å²) in [5.74, 6) is 0. The first-order valence-electron chi connectivity index (χ1n) is 4.24. The van der Waals surface area contributed by atoms with E-state index >= 15 is 0 Å². The highest BCUT2D eigenvalue weighted by Gasteiger charge is 2.04. The van der Waals surface area contributed by atoms with E-state index in [0.717, 1.165) is 5.69 Å². The van der Waals surface area contributed by atoms with Crippen LogP contribution in [0.2, 0.25) is 0 Å². The van der Waals surface area contributed by atoms with Gasteiger partial charge in [0.25, 0.3) is 0 Å². The van der Waals surface area contributed by atoms with Gasteiger partial charge < -0.3 is 5.73 Å². The molecule has 1 aromatic rings. The van der Waals surface area contributed by atoms with E-state index in [4.69, 9.17) is 5.73 Å². The van der Waals surface area contributed by atoms with Crippen LogP contribution in [-0.4, -0.2) is 7.47 Å². The summed E-state index contributed by atoms with van der Waals surface area (Å²) in [5.41, 5.74) is 8.96. The molecule has 0 aliphatic heterocycles. The highest BCUT2D eigenvalue weighted by Crippen LogP contribution is 2.24. The Morgan fingerprint density at radius 2 is 1.47 bits per heavy atom. The van der Waals surface area contributed by atoms with Crippen LogP contribution in [0.25, 0.3) is 0 Å². The molecule has 86 valence electrons. The molecule has 0 saturated heterocycles. The molecule has 2 N–H and O–H groups in total.